The number of carbonyl (C=O) groups is 1. The van der Waals surface area contributed by atoms with Crippen molar-refractivity contribution in [2.45, 2.75) is 19.4 Å². The summed E-state index contributed by atoms with van der Waals surface area (Å²) in [4.78, 5) is 13.6. The summed E-state index contributed by atoms with van der Waals surface area (Å²) >= 11 is 0. The molecule has 6 heteroatoms. The van der Waals surface area contributed by atoms with Crippen LogP contribution in [0.5, 0.6) is 5.75 Å². The standard InChI is InChI=1S/C16H20N2O4/c1-11-7-13(17-22-11)9-16(20)18(2)10-15(19)12-5-4-6-14(8-12)21-3/h4-8,15,19H,9-10H2,1-3H3. The van der Waals surface area contributed by atoms with Gasteiger partial charge in [0.05, 0.1) is 31.9 Å². The minimum Gasteiger partial charge on any atom is -0.497 e. The Kier molecular flexibility index (Phi) is 5.16. The molecule has 0 bridgehead atoms. The second-order valence-electron chi connectivity index (χ2n) is 5.17. The van der Waals surface area contributed by atoms with Gasteiger partial charge in [-0.15, -0.1) is 0 Å². The number of likely N-dealkylation sites (N-methyl/N-ethyl adjacent to an activating group) is 1. The van der Waals surface area contributed by atoms with Crippen molar-refractivity contribution < 1.29 is 19.2 Å². The van der Waals surface area contributed by atoms with E-state index in [0.29, 0.717) is 22.8 Å². The molecule has 1 N–H and O–H groups in total. The highest BCUT2D eigenvalue weighted by molar-refractivity contribution is 5.78. The number of aliphatic hydroxyl groups excluding tert-OH is 1. The molecule has 1 amide bonds. The zero-order chi connectivity index (χ0) is 16.1. The number of benzene rings is 1. The van der Waals surface area contributed by atoms with Gasteiger partial charge in [0.25, 0.3) is 0 Å². The summed E-state index contributed by atoms with van der Waals surface area (Å²) in [6, 6.07) is 8.88. The van der Waals surface area contributed by atoms with Crippen LogP contribution in [-0.4, -0.2) is 41.8 Å². The molecule has 0 saturated heterocycles. The van der Waals surface area contributed by atoms with Crippen molar-refractivity contribution in [2.24, 2.45) is 0 Å². The van der Waals surface area contributed by atoms with Gasteiger partial charge in [0.15, 0.2) is 0 Å². The van der Waals surface area contributed by atoms with E-state index in [2.05, 4.69) is 5.16 Å². The quantitative estimate of drug-likeness (QED) is 0.879. The third kappa shape index (κ3) is 4.08. The van der Waals surface area contributed by atoms with E-state index in [9.17, 15) is 9.90 Å². The average molecular weight is 304 g/mol. The molecular formula is C16H20N2O4. The summed E-state index contributed by atoms with van der Waals surface area (Å²) in [7, 11) is 3.22. The maximum atomic E-state index is 12.1. The number of aromatic nitrogens is 1. The Morgan fingerprint density at radius 1 is 1.45 bits per heavy atom. The second kappa shape index (κ2) is 7.09. The molecular weight excluding hydrogens is 284 g/mol. The molecule has 1 unspecified atom stereocenters. The molecule has 2 rings (SSSR count). The summed E-state index contributed by atoms with van der Waals surface area (Å²) in [6.07, 6.45) is -0.623. The van der Waals surface area contributed by atoms with Crippen LogP contribution in [0.2, 0.25) is 0 Å². The number of hydrogen-bond acceptors (Lipinski definition) is 5. The highest BCUT2D eigenvalue weighted by Crippen LogP contribution is 2.19. The van der Waals surface area contributed by atoms with Gasteiger partial charge < -0.3 is 19.3 Å². The van der Waals surface area contributed by atoms with Gasteiger partial charge in [0.2, 0.25) is 5.91 Å². The molecule has 1 atom stereocenters. The molecule has 1 aromatic heterocycles. The SMILES string of the molecule is COc1cccc(C(O)CN(C)C(=O)Cc2cc(C)on2)c1. The Labute approximate surface area is 129 Å². The first-order valence-corrected chi connectivity index (χ1v) is 6.97. The van der Waals surface area contributed by atoms with Crippen molar-refractivity contribution in [1.29, 1.82) is 0 Å². The molecule has 0 fully saturated rings. The van der Waals surface area contributed by atoms with E-state index in [1.165, 1.54) is 4.90 Å². The average Bonchev–Trinajstić information content (AvgIpc) is 2.92. The molecule has 2 aromatic rings. The van der Waals surface area contributed by atoms with Crippen LogP contribution in [0, 0.1) is 6.92 Å². The Bertz CT molecular complexity index is 639. The van der Waals surface area contributed by atoms with Crippen LogP contribution in [0.25, 0.3) is 0 Å². The van der Waals surface area contributed by atoms with Gasteiger partial charge in [-0.2, -0.15) is 0 Å². The fourth-order valence-electron chi connectivity index (χ4n) is 2.11. The summed E-state index contributed by atoms with van der Waals surface area (Å²) in [5.41, 5.74) is 1.29. The van der Waals surface area contributed by atoms with Crippen LogP contribution < -0.4 is 4.74 Å². The number of aryl methyl sites for hydroxylation is 1. The van der Waals surface area contributed by atoms with E-state index in [1.807, 2.05) is 0 Å². The van der Waals surface area contributed by atoms with Crippen molar-refractivity contribution in [3.63, 3.8) is 0 Å². The monoisotopic (exact) mass is 304 g/mol. The fraction of sp³-hybridized carbons (Fsp3) is 0.375. The first-order valence-electron chi connectivity index (χ1n) is 6.97. The highest BCUT2D eigenvalue weighted by atomic mass is 16.5. The maximum absolute atomic E-state index is 12.1. The first kappa shape index (κ1) is 16.0. The van der Waals surface area contributed by atoms with E-state index in [4.69, 9.17) is 9.26 Å². The summed E-state index contributed by atoms with van der Waals surface area (Å²) in [5.74, 6) is 1.21. The lowest BCUT2D eigenvalue weighted by molar-refractivity contribution is -0.130. The maximum Gasteiger partial charge on any atom is 0.228 e. The van der Waals surface area contributed by atoms with E-state index in [-0.39, 0.29) is 18.9 Å². The fourth-order valence-corrected chi connectivity index (χ4v) is 2.11. The van der Waals surface area contributed by atoms with Crippen molar-refractivity contribution in [3.05, 3.63) is 47.3 Å². The minimum absolute atomic E-state index is 0.129. The number of methoxy groups -OCH3 is 1. The number of amides is 1. The van der Waals surface area contributed by atoms with Crippen LogP contribution in [-0.2, 0) is 11.2 Å². The van der Waals surface area contributed by atoms with Gasteiger partial charge in [-0.3, -0.25) is 4.79 Å². The predicted octanol–water partition coefficient (Wildman–Crippen LogP) is 1.73. The van der Waals surface area contributed by atoms with E-state index in [1.54, 1.807) is 51.4 Å². The van der Waals surface area contributed by atoms with Crippen LogP contribution in [0.15, 0.2) is 34.9 Å². The molecule has 1 aromatic carbocycles. The molecule has 118 valence electrons. The predicted molar refractivity (Wildman–Crippen MR) is 80.5 cm³/mol. The van der Waals surface area contributed by atoms with E-state index >= 15 is 0 Å². The van der Waals surface area contributed by atoms with Gasteiger partial charge in [-0.1, -0.05) is 17.3 Å². The van der Waals surface area contributed by atoms with Gasteiger partial charge >= 0.3 is 0 Å². The van der Waals surface area contributed by atoms with Crippen LogP contribution in [0.3, 0.4) is 0 Å². The Hall–Kier alpha value is -2.34. The summed E-state index contributed by atoms with van der Waals surface area (Å²) in [5, 5.41) is 14.0. The van der Waals surface area contributed by atoms with Crippen molar-refractivity contribution >= 4 is 5.91 Å². The van der Waals surface area contributed by atoms with Gasteiger partial charge in [-0.05, 0) is 24.6 Å². The summed E-state index contributed by atoms with van der Waals surface area (Å²) in [6.45, 7) is 1.97. The molecule has 0 aliphatic rings. The molecule has 22 heavy (non-hydrogen) atoms. The van der Waals surface area contributed by atoms with E-state index in [0.717, 1.165) is 0 Å². The largest absolute Gasteiger partial charge is 0.497 e. The Morgan fingerprint density at radius 3 is 2.86 bits per heavy atom. The number of carbonyl (C=O) groups excluding carboxylic acids is 1. The Morgan fingerprint density at radius 2 is 2.23 bits per heavy atom. The lowest BCUT2D eigenvalue weighted by Crippen LogP contribution is -2.32. The van der Waals surface area contributed by atoms with Gasteiger partial charge in [0, 0.05) is 13.1 Å². The van der Waals surface area contributed by atoms with Crippen molar-refractivity contribution in [2.75, 3.05) is 20.7 Å². The van der Waals surface area contributed by atoms with Gasteiger partial charge in [-0.25, -0.2) is 0 Å². The zero-order valence-corrected chi connectivity index (χ0v) is 12.9. The normalized spacial score (nSPS) is 12.0. The third-order valence-corrected chi connectivity index (χ3v) is 3.36. The summed E-state index contributed by atoms with van der Waals surface area (Å²) < 4.78 is 10.1. The van der Waals surface area contributed by atoms with Crippen LogP contribution in [0.4, 0.5) is 0 Å². The Balaban J connectivity index is 1.94. The van der Waals surface area contributed by atoms with Gasteiger partial charge in [0.1, 0.15) is 11.5 Å². The van der Waals surface area contributed by atoms with Crippen molar-refractivity contribution in [3.8, 4) is 5.75 Å². The first-order chi connectivity index (χ1) is 10.5. The number of hydrogen-bond donors (Lipinski definition) is 1. The van der Waals surface area contributed by atoms with Crippen LogP contribution in [0.1, 0.15) is 23.1 Å². The molecule has 0 spiro atoms. The van der Waals surface area contributed by atoms with Crippen LogP contribution >= 0.6 is 0 Å². The lowest BCUT2D eigenvalue weighted by Gasteiger charge is -2.21. The molecule has 0 aliphatic heterocycles. The minimum atomic E-state index is -0.775. The van der Waals surface area contributed by atoms with E-state index < -0.39 is 6.10 Å². The molecule has 1 heterocycles. The molecule has 0 aliphatic carbocycles. The lowest BCUT2D eigenvalue weighted by atomic mass is 10.1. The number of rotatable bonds is 6. The number of aliphatic hydroxyl groups is 1. The topological polar surface area (TPSA) is 75.8 Å². The molecule has 0 saturated carbocycles. The molecule has 6 nitrogen and oxygen atoms in total. The molecule has 0 radical (unpaired) electrons. The third-order valence-electron chi connectivity index (χ3n) is 3.36. The number of nitrogens with zero attached hydrogens (tertiary/aromatic N) is 2. The zero-order valence-electron chi connectivity index (χ0n) is 12.9. The smallest absolute Gasteiger partial charge is 0.228 e. The van der Waals surface area contributed by atoms with Crippen molar-refractivity contribution in [1.82, 2.24) is 10.1 Å². The highest BCUT2D eigenvalue weighted by Gasteiger charge is 2.17. The second-order valence-corrected chi connectivity index (χ2v) is 5.17. The number of ether oxygens (including phenoxy) is 1.